The molecule has 2 amide bonds. The molecule has 2 rings (SSSR count). The molecule has 6 nitrogen and oxygen atoms in total. The topological polar surface area (TPSA) is 64.7 Å². The third-order valence-electron chi connectivity index (χ3n) is 3.49. The summed E-state index contributed by atoms with van der Waals surface area (Å²) in [4.78, 5) is 27.8. The lowest BCUT2D eigenvalue weighted by Crippen LogP contribution is -2.49. The Bertz CT molecular complexity index is 510. The Morgan fingerprint density at radius 1 is 1.29 bits per heavy atom. The van der Waals surface area contributed by atoms with E-state index in [9.17, 15) is 9.59 Å². The van der Waals surface area contributed by atoms with E-state index >= 15 is 0 Å². The molecule has 0 aromatic heterocycles. The second kappa shape index (κ2) is 7.08. The van der Waals surface area contributed by atoms with Crippen LogP contribution in [0.1, 0.15) is 10.4 Å². The van der Waals surface area contributed by atoms with E-state index in [0.717, 1.165) is 18.8 Å². The molecule has 6 heteroatoms. The highest BCUT2D eigenvalue weighted by Crippen LogP contribution is 2.13. The Labute approximate surface area is 125 Å². The van der Waals surface area contributed by atoms with Gasteiger partial charge in [-0.1, -0.05) is 6.07 Å². The van der Waals surface area contributed by atoms with Crippen molar-refractivity contribution in [3.8, 4) is 0 Å². The van der Waals surface area contributed by atoms with Crippen molar-refractivity contribution in [2.24, 2.45) is 0 Å². The summed E-state index contributed by atoms with van der Waals surface area (Å²) in [6.45, 7) is 3.07. The zero-order valence-corrected chi connectivity index (χ0v) is 12.6. The van der Waals surface area contributed by atoms with E-state index in [1.807, 2.05) is 37.2 Å². The average molecular weight is 290 g/mol. The Morgan fingerprint density at radius 2 is 2.00 bits per heavy atom. The predicted octanol–water partition coefficient (Wildman–Crippen LogP) is -0.0858. The number of anilines is 1. The van der Waals surface area contributed by atoms with Crippen LogP contribution >= 0.6 is 0 Å². The van der Waals surface area contributed by atoms with E-state index in [4.69, 9.17) is 0 Å². The van der Waals surface area contributed by atoms with Crippen LogP contribution in [0.2, 0.25) is 0 Å². The summed E-state index contributed by atoms with van der Waals surface area (Å²) >= 11 is 0. The molecule has 1 aromatic carbocycles. The van der Waals surface area contributed by atoms with Gasteiger partial charge in [0.2, 0.25) is 5.91 Å². The lowest BCUT2D eigenvalue weighted by Gasteiger charge is -2.27. The minimum atomic E-state index is -0.220. The molecule has 1 fully saturated rings. The molecule has 0 unspecified atom stereocenters. The molecule has 0 radical (unpaired) electrons. The van der Waals surface area contributed by atoms with Crippen LogP contribution < -0.4 is 15.5 Å². The smallest absolute Gasteiger partial charge is 0.251 e. The molecule has 0 spiro atoms. The number of hydrogen-bond acceptors (Lipinski definition) is 4. The van der Waals surface area contributed by atoms with Crippen LogP contribution in [0.5, 0.6) is 0 Å². The molecule has 1 heterocycles. The first-order chi connectivity index (χ1) is 10.1. The quantitative estimate of drug-likeness (QED) is 0.814. The van der Waals surface area contributed by atoms with Crippen molar-refractivity contribution in [3.05, 3.63) is 29.8 Å². The Balaban J connectivity index is 1.89. The first kappa shape index (κ1) is 15.3. The molecule has 1 aliphatic heterocycles. The number of carbonyl (C=O) groups excluding carboxylic acids is 2. The number of benzene rings is 1. The van der Waals surface area contributed by atoms with Crippen LogP contribution in [-0.4, -0.2) is 63.5 Å². The van der Waals surface area contributed by atoms with E-state index in [-0.39, 0.29) is 18.4 Å². The summed E-state index contributed by atoms with van der Waals surface area (Å²) in [6.07, 6.45) is 0. The molecular formula is C15H22N4O2. The standard InChI is InChI=1S/C15H22N4O2/c1-18(2)13-5-3-4-12(10-13)15(21)17-11-14(20)19-8-6-16-7-9-19/h3-5,10,16H,6-9,11H2,1-2H3,(H,17,21). The number of carbonyl (C=O) groups is 2. The molecule has 1 saturated heterocycles. The monoisotopic (exact) mass is 290 g/mol. The van der Waals surface area contributed by atoms with Crippen molar-refractivity contribution >= 4 is 17.5 Å². The number of hydrogen-bond donors (Lipinski definition) is 2. The SMILES string of the molecule is CN(C)c1cccc(C(=O)NCC(=O)N2CCNCC2)c1. The van der Waals surface area contributed by atoms with Gasteiger partial charge in [0.05, 0.1) is 6.54 Å². The molecule has 2 N–H and O–H groups in total. The van der Waals surface area contributed by atoms with Gasteiger partial charge in [0.15, 0.2) is 0 Å². The van der Waals surface area contributed by atoms with Crippen LogP contribution in [0.3, 0.4) is 0 Å². The Kier molecular flexibility index (Phi) is 5.16. The van der Waals surface area contributed by atoms with Crippen LogP contribution in [0.4, 0.5) is 5.69 Å². The van der Waals surface area contributed by atoms with Gasteiger partial charge in [-0.25, -0.2) is 0 Å². The van der Waals surface area contributed by atoms with Gasteiger partial charge in [-0.3, -0.25) is 9.59 Å². The van der Waals surface area contributed by atoms with Crippen LogP contribution in [0, 0.1) is 0 Å². The van der Waals surface area contributed by atoms with Crippen molar-refractivity contribution in [1.82, 2.24) is 15.5 Å². The van der Waals surface area contributed by atoms with Crippen molar-refractivity contribution < 1.29 is 9.59 Å². The summed E-state index contributed by atoms with van der Waals surface area (Å²) in [6, 6.07) is 7.33. The fraction of sp³-hybridized carbons (Fsp3) is 0.467. The predicted molar refractivity (Wildman–Crippen MR) is 82.6 cm³/mol. The third-order valence-corrected chi connectivity index (χ3v) is 3.49. The zero-order valence-electron chi connectivity index (χ0n) is 12.6. The normalized spacial score (nSPS) is 14.7. The number of nitrogens with zero attached hydrogens (tertiary/aromatic N) is 2. The van der Waals surface area contributed by atoms with Gasteiger partial charge >= 0.3 is 0 Å². The van der Waals surface area contributed by atoms with Gasteiger partial charge in [0.25, 0.3) is 5.91 Å². The van der Waals surface area contributed by atoms with E-state index < -0.39 is 0 Å². The first-order valence-corrected chi connectivity index (χ1v) is 7.12. The van der Waals surface area contributed by atoms with E-state index in [0.29, 0.717) is 18.7 Å². The van der Waals surface area contributed by atoms with Crippen LogP contribution in [-0.2, 0) is 4.79 Å². The molecular weight excluding hydrogens is 268 g/mol. The highest BCUT2D eigenvalue weighted by molar-refractivity contribution is 5.97. The van der Waals surface area contributed by atoms with Gasteiger partial charge in [-0.15, -0.1) is 0 Å². The summed E-state index contributed by atoms with van der Waals surface area (Å²) in [5.74, 6) is -0.254. The van der Waals surface area contributed by atoms with Crippen molar-refractivity contribution in [3.63, 3.8) is 0 Å². The molecule has 0 atom stereocenters. The number of rotatable bonds is 4. The molecule has 114 valence electrons. The zero-order chi connectivity index (χ0) is 15.2. The maximum absolute atomic E-state index is 12.1. The highest BCUT2D eigenvalue weighted by Gasteiger charge is 2.17. The molecule has 0 bridgehead atoms. The summed E-state index contributed by atoms with van der Waals surface area (Å²) in [7, 11) is 3.84. The molecule has 21 heavy (non-hydrogen) atoms. The van der Waals surface area contributed by atoms with E-state index in [2.05, 4.69) is 10.6 Å². The van der Waals surface area contributed by atoms with Gasteiger partial charge in [0.1, 0.15) is 0 Å². The Hall–Kier alpha value is -2.08. The molecule has 0 aliphatic carbocycles. The largest absolute Gasteiger partial charge is 0.378 e. The maximum Gasteiger partial charge on any atom is 0.251 e. The van der Waals surface area contributed by atoms with Gasteiger partial charge in [0, 0.05) is 51.5 Å². The van der Waals surface area contributed by atoms with Crippen LogP contribution in [0.15, 0.2) is 24.3 Å². The first-order valence-electron chi connectivity index (χ1n) is 7.12. The van der Waals surface area contributed by atoms with Crippen molar-refractivity contribution in [2.75, 3.05) is 51.7 Å². The maximum atomic E-state index is 12.1. The number of amides is 2. The fourth-order valence-corrected chi connectivity index (χ4v) is 2.21. The summed E-state index contributed by atoms with van der Waals surface area (Å²) in [5.41, 5.74) is 1.52. The lowest BCUT2D eigenvalue weighted by molar-refractivity contribution is -0.130. The van der Waals surface area contributed by atoms with Gasteiger partial charge < -0.3 is 20.4 Å². The molecule has 0 saturated carbocycles. The second-order valence-electron chi connectivity index (χ2n) is 5.26. The van der Waals surface area contributed by atoms with E-state index in [1.54, 1.807) is 11.0 Å². The van der Waals surface area contributed by atoms with Crippen molar-refractivity contribution in [1.29, 1.82) is 0 Å². The second-order valence-corrected chi connectivity index (χ2v) is 5.26. The minimum Gasteiger partial charge on any atom is -0.378 e. The lowest BCUT2D eigenvalue weighted by atomic mass is 10.2. The van der Waals surface area contributed by atoms with Crippen LogP contribution in [0.25, 0.3) is 0 Å². The number of nitrogens with one attached hydrogen (secondary N) is 2. The number of piperazine rings is 1. The minimum absolute atomic E-state index is 0.0337. The van der Waals surface area contributed by atoms with Crippen molar-refractivity contribution in [2.45, 2.75) is 0 Å². The molecule has 1 aliphatic rings. The fourth-order valence-electron chi connectivity index (χ4n) is 2.21. The third kappa shape index (κ3) is 4.19. The summed E-state index contributed by atoms with van der Waals surface area (Å²) in [5, 5.41) is 5.88. The van der Waals surface area contributed by atoms with Gasteiger partial charge in [-0.05, 0) is 18.2 Å². The van der Waals surface area contributed by atoms with Gasteiger partial charge in [-0.2, -0.15) is 0 Å². The summed E-state index contributed by atoms with van der Waals surface area (Å²) < 4.78 is 0. The van der Waals surface area contributed by atoms with E-state index in [1.165, 1.54) is 0 Å². The molecule has 1 aromatic rings. The highest BCUT2D eigenvalue weighted by atomic mass is 16.2. The Morgan fingerprint density at radius 3 is 2.67 bits per heavy atom. The average Bonchev–Trinajstić information content (AvgIpc) is 2.53.